The molecule has 0 saturated heterocycles. The summed E-state index contributed by atoms with van der Waals surface area (Å²) in [6.45, 7) is 5.24. The van der Waals surface area contributed by atoms with Gasteiger partial charge < -0.3 is 14.8 Å². The molecule has 0 spiro atoms. The fraction of sp³-hybridized carbons (Fsp3) is 0.294. The summed E-state index contributed by atoms with van der Waals surface area (Å²) in [5.41, 5.74) is 1.83. The lowest BCUT2D eigenvalue weighted by Gasteiger charge is -2.33. The van der Waals surface area contributed by atoms with Crippen molar-refractivity contribution in [2.45, 2.75) is 26.7 Å². The Balaban J connectivity index is 2.24. The highest BCUT2D eigenvalue weighted by Crippen LogP contribution is 2.46. The van der Waals surface area contributed by atoms with E-state index < -0.39 is 22.8 Å². The van der Waals surface area contributed by atoms with Gasteiger partial charge in [-0.25, -0.2) is 9.59 Å². The average molecular weight is 344 g/mol. The van der Waals surface area contributed by atoms with Gasteiger partial charge in [-0.2, -0.15) is 0 Å². The Hall–Kier alpha value is -3.16. The van der Waals surface area contributed by atoms with Gasteiger partial charge >= 0.3 is 11.9 Å². The van der Waals surface area contributed by atoms with Gasteiger partial charge in [-0.1, -0.05) is 0 Å². The van der Waals surface area contributed by atoms with Crippen molar-refractivity contribution in [2.75, 3.05) is 6.61 Å². The molecule has 0 radical (unpaired) electrons. The molecule has 0 aromatic heterocycles. The number of carbonyl (C=O) groups excluding carboxylic acids is 2. The Kier molecular flexibility index (Phi) is 4.03. The molecule has 2 heterocycles. The number of nitrogens with one attached hydrogen (secondary N) is 1. The molecular weight excluding hydrogens is 328 g/mol. The molecule has 0 unspecified atom stereocenters. The van der Waals surface area contributed by atoms with Crippen LogP contribution in [0, 0.1) is 10.1 Å². The first-order chi connectivity index (χ1) is 11.8. The normalized spacial score (nSPS) is 18.8. The van der Waals surface area contributed by atoms with E-state index in [-0.39, 0.29) is 29.2 Å². The van der Waals surface area contributed by atoms with E-state index in [1.807, 2.05) is 0 Å². The molecule has 25 heavy (non-hydrogen) atoms. The van der Waals surface area contributed by atoms with Gasteiger partial charge in [0, 0.05) is 29.1 Å². The Morgan fingerprint density at radius 3 is 2.72 bits per heavy atom. The van der Waals surface area contributed by atoms with Gasteiger partial charge in [0.1, 0.15) is 5.75 Å². The number of nitro groups is 1. The number of hydrogen-bond acceptors (Lipinski definition) is 7. The maximum atomic E-state index is 12.5. The number of carbonyl (C=O) groups is 2. The number of nitro benzene ring substituents is 1. The van der Waals surface area contributed by atoms with E-state index >= 15 is 0 Å². The fourth-order valence-electron chi connectivity index (χ4n) is 3.18. The predicted octanol–water partition coefficient (Wildman–Crippen LogP) is 2.31. The van der Waals surface area contributed by atoms with Gasteiger partial charge in [0.2, 0.25) is 0 Å². The SMILES string of the molecule is CCOC(=O)C1=C(C)NC(C)=C2C(=O)Oc3ccc([N+](=O)[O-])cc3[C@H]12. The Labute approximate surface area is 143 Å². The molecule has 1 aromatic carbocycles. The number of non-ortho nitro benzene ring substituents is 1. The second-order valence-electron chi connectivity index (χ2n) is 5.72. The van der Waals surface area contributed by atoms with Crippen LogP contribution in [-0.4, -0.2) is 23.5 Å². The second kappa shape index (κ2) is 6.04. The van der Waals surface area contributed by atoms with Crippen molar-refractivity contribution in [3.05, 3.63) is 56.4 Å². The maximum absolute atomic E-state index is 12.5. The van der Waals surface area contributed by atoms with E-state index in [1.54, 1.807) is 20.8 Å². The van der Waals surface area contributed by atoms with Crippen molar-refractivity contribution >= 4 is 17.6 Å². The van der Waals surface area contributed by atoms with Crippen molar-refractivity contribution in [2.24, 2.45) is 0 Å². The molecule has 8 heteroatoms. The number of esters is 2. The average Bonchev–Trinajstić information content (AvgIpc) is 2.54. The molecule has 3 rings (SSSR count). The van der Waals surface area contributed by atoms with Crippen molar-refractivity contribution in [3.8, 4) is 5.75 Å². The summed E-state index contributed by atoms with van der Waals surface area (Å²) in [7, 11) is 0. The number of rotatable bonds is 3. The lowest BCUT2D eigenvalue weighted by molar-refractivity contribution is -0.385. The van der Waals surface area contributed by atoms with Crippen molar-refractivity contribution in [1.29, 1.82) is 0 Å². The molecule has 0 fully saturated rings. The van der Waals surface area contributed by atoms with Crippen LogP contribution in [-0.2, 0) is 14.3 Å². The molecule has 8 nitrogen and oxygen atoms in total. The highest BCUT2D eigenvalue weighted by molar-refractivity contribution is 6.02. The van der Waals surface area contributed by atoms with Gasteiger partial charge in [0.05, 0.1) is 28.6 Å². The molecule has 0 aliphatic carbocycles. The minimum Gasteiger partial charge on any atom is -0.463 e. The number of ether oxygens (including phenoxy) is 2. The van der Waals surface area contributed by atoms with Crippen LogP contribution in [0.5, 0.6) is 5.75 Å². The van der Waals surface area contributed by atoms with Crippen LogP contribution in [0.15, 0.2) is 40.7 Å². The lowest BCUT2D eigenvalue weighted by Crippen LogP contribution is -2.36. The van der Waals surface area contributed by atoms with E-state index in [2.05, 4.69) is 5.32 Å². The first kappa shape index (κ1) is 16.7. The number of dihydropyridines is 1. The standard InChI is InChI=1S/C17H16N2O6/c1-4-24-16(20)13-8(2)18-9(3)14-15(13)11-7-10(19(22)23)5-6-12(11)25-17(14)21/h5-7,15,18H,4H2,1-3H3/t15-/m1/s1. The quantitative estimate of drug-likeness (QED) is 0.388. The molecule has 2 aliphatic rings. The summed E-state index contributed by atoms with van der Waals surface area (Å²) < 4.78 is 10.4. The summed E-state index contributed by atoms with van der Waals surface area (Å²) >= 11 is 0. The zero-order chi connectivity index (χ0) is 18.3. The van der Waals surface area contributed by atoms with Crippen molar-refractivity contribution < 1.29 is 24.0 Å². The van der Waals surface area contributed by atoms with Crippen LogP contribution in [0.3, 0.4) is 0 Å². The van der Waals surface area contributed by atoms with Crippen LogP contribution >= 0.6 is 0 Å². The van der Waals surface area contributed by atoms with Crippen LogP contribution in [0.25, 0.3) is 0 Å². The van der Waals surface area contributed by atoms with Crippen LogP contribution in [0.2, 0.25) is 0 Å². The predicted molar refractivity (Wildman–Crippen MR) is 86.6 cm³/mol. The maximum Gasteiger partial charge on any atom is 0.342 e. The van der Waals surface area contributed by atoms with E-state index in [9.17, 15) is 19.7 Å². The zero-order valence-electron chi connectivity index (χ0n) is 13.9. The van der Waals surface area contributed by atoms with E-state index in [4.69, 9.17) is 9.47 Å². The van der Waals surface area contributed by atoms with Crippen molar-refractivity contribution in [3.63, 3.8) is 0 Å². The lowest BCUT2D eigenvalue weighted by atomic mass is 9.78. The number of nitrogens with zero attached hydrogens (tertiary/aromatic N) is 1. The highest BCUT2D eigenvalue weighted by Gasteiger charge is 2.43. The Bertz CT molecular complexity index is 868. The summed E-state index contributed by atoms with van der Waals surface area (Å²) in [4.78, 5) is 35.5. The molecular formula is C17H16N2O6. The summed E-state index contributed by atoms with van der Waals surface area (Å²) in [5.74, 6) is -1.73. The minimum atomic E-state index is -0.767. The fourth-order valence-corrected chi connectivity index (χ4v) is 3.18. The molecule has 2 aliphatic heterocycles. The molecule has 130 valence electrons. The topological polar surface area (TPSA) is 108 Å². The number of fused-ring (bicyclic) bond motifs is 3. The first-order valence-electron chi connectivity index (χ1n) is 7.71. The summed E-state index contributed by atoms with van der Waals surface area (Å²) in [6, 6.07) is 3.96. The van der Waals surface area contributed by atoms with E-state index in [0.29, 0.717) is 17.0 Å². The number of hydrogen-bond donors (Lipinski definition) is 1. The van der Waals surface area contributed by atoms with E-state index in [0.717, 1.165) is 0 Å². The van der Waals surface area contributed by atoms with Gasteiger partial charge in [-0.3, -0.25) is 10.1 Å². The second-order valence-corrected chi connectivity index (χ2v) is 5.72. The minimum absolute atomic E-state index is 0.145. The third-order valence-electron chi connectivity index (χ3n) is 4.19. The third-order valence-corrected chi connectivity index (χ3v) is 4.19. The molecule has 1 N–H and O–H groups in total. The van der Waals surface area contributed by atoms with Gasteiger partial charge in [-0.15, -0.1) is 0 Å². The number of benzene rings is 1. The van der Waals surface area contributed by atoms with E-state index in [1.165, 1.54) is 18.2 Å². The van der Waals surface area contributed by atoms with Crippen molar-refractivity contribution in [1.82, 2.24) is 5.32 Å². The third kappa shape index (κ3) is 2.65. The van der Waals surface area contributed by atoms with Crippen LogP contribution in [0.1, 0.15) is 32.3 Å². The number of allylic oxidation sites excluding steroid dienone is 2. The van der Waals surface area contributed by atoms with Gasteiger partial charge in [-0.05, 0) is 26.8 Å². The molecule has 0 saturated carbocycles. The smallest absolute Gasteiger partial charge is 0.342 e. The molecule has 0 amide bonds. The Morgan fingerprint density at radius 1 is 1.36 bits per heavy atom. The largest absolute Gasteiger partial charge is 0.463 e. The van der Waals surface area contributed by atoms with Crippen LogP contribution in [0.4, 0.5) is 5.69 Å². The van der Waals surface area contributed by atoms with Crippen LogP contribution < -0.4 is 10.1 Å². The molecule has 1 atom stereocenters. The highest BCUT2D eigenvalue weighted by atomic mass is 16.6. The Morgan fingerprint density at radius 2 is 2.08 bits per heavy atom. The molecule has 1 aromatic rings. The monoisotopic (exact) mass is 344 g/mol. The first-order valence-corrected chi connectivity index (χ1v) is 7.71. The van der Waals surface area contributed by atoms with Gasteiger partial charge in [0.25, 0.3) is 5.69 Å². The molecule has 0 bridgehead atoms. The zero-order valence-corrected chi connectivity index (χ0v) is 13.9. The summed E-state index contributed by atoms with van der Waals surface area (Å²) in [5, 5.41) is 14.1. The summed E-state index contributed by atoms with van der Waals surface area (Å²) in [6.07, 6.45) is 0. The van der Waals surface area contributed by atoms with Gasteiger partial charge in [0.15, 0.2) is 0 Å².